The number of aromatic nitrogens is 1. The van der Waals surface area contributed by atoms with Crippen molar-refractivity contribution in [2.45, 2.75) is 19.9 Å². The van der Waals surface area contributed by atoms with Crippen LogP contribution in [0.1, 0.15) is 35.4 Å². The Hall–Kier alpha value is -0.940. The molecular formula is C9H14N2O2S. The van der Waals surface area contributed by atoms with Crippen molar-refractivity contribution in [1.82, 2.24) is 4.98 Å². The van der Waals surface area contributed by atoms with Crippen LogP contribution < -0.4 is 5.73 Å². The van der Waals surface area contributed by atoms with E-state index in [0.29, 0.717) is 11.6 Å². The quantitative estimate of drug-likeness (QED) is 0.776. The van der Waals surface area contributed by atoms with Crippen molar-refractivity contribution in [3.63, 3.8) is 0 Å². The van der Waals surface area contributed by atoms with Crippen LogP contribution in [0.5, 0.6) is 0 Å². The topological polar surface area (TPSA) is 65.2 Å². The molecule has 2 N–H and O–H groups in total. The standard InChI is InChI=1S/C9H14N2O2S/c1-5(2)7(10)8-11-6(4-14-8)9(12)13-3/h4-5,7H,10H2,1-3H3/t7-/m1/s1. The Kier molecular flexibility index (Phi) is 3.60. The summed E-state index contributed by atoms with van der Waals surface area (Å²) in [6.45, 7) is 4.04. The number of nitrogens with two attached hydrogens (primary N) is 1. The van der Waals surface area contributed by atoms with Crippen molar-refractivity contribution in [2.75, 3.05) is 7.11 Å². The molecule has 1 heterocycles. The van der Waals surface area contributed by atoms with E-state index in [4.69, 9.17) is 5.73 Å². The maximum absolute atomic E-state index is 11.1. The average Bonchev–Trinajstić information content (AvgIpc) is 2.64. The fraction of sp³-hybridized carbons (Fsp3) is 0.556. The zero-order valence-corrected chi connectivity index (χ0v) is 9.30. The minimum Gasteiger partial charge on any atom is -0.464 e. The van der Waals surface area contributed by atoms with Crippen LogP contribution in [0.4, 0.5) is 0 Å². The lowest BCUT2D eigenvalue weighted by Crippen LogP contribution is -2.16. The molecule has 0 saturated carbocycles. The van der Waals surface area contributed by atoms with Crippen molar-refractivity contribution in [2.24, 2.45) is 11.7 Å². The number of ether oxygens (including phenoxy) is 1. The molecule has 0 aliphatic carbocycles. The summed E-state index contributed by atoms with van der Waals surface area (Å²) in [4.78, 5) is 15.2. The minimum absolute atomic E-state index is 0.113. The van der Waals surface area contributed by atoms with Gasteiger partial charge < -0.3 is 10.5 Å². The van der Waals surface area contributed by atoms with E-state index in [9.17, 15) is 4.79 Å². The number of hydrogen-bond acceptors (Lipinski definition) is 5. The molecule has 0 unspecified atom stereocenters. The van der Waals surface area contributed by atoms with Gasteiger partial charge in [-0.05, 0) is 5.92 Å². The maximum Gasteiger partial charge on any atom is 0.357 e. The van der Waals surface area contributed by atoms with Crippen LogP contribution in [-0.2, 0) is 4.74 Å². The van der Waals surface area contributed by atoms with Crippen molar-refractivity contribution < 1.29 is 9.53 Å². The lowest BCUT2D eigenvalue weighted by Gasteiger charge is -2.11. The molecule has 1 aromatic rings. The van der Waals surface area contributed by atoms with E-state index >= 15 is 0 Å². The predicted octanol–water partition coefficient (Wildman–Crippen LogP) is 1.59. The summed E-state index contributed by atoms with van der Waals surface area (Å²) in [7, 11) is 1.34. The van der Waals surface area contributed by atoms with Gasteiger partial charge in [0.25, 0.3) is 0 Å². The molecule has 0 saturated heterocycles. The Balaban J connectivity index is 2.82. The number of methoxy groups -OCH3 is 1. The van der Waals surface area contributed by atoms with Gasteiger partial charge in [-0.15, -0.1) is 11.3 Å². The Bertz CT molecular complexity index is 322. The zero-order chi connectivity index (χ0) is 10.7. The molecule has 0 bridgehead atoms. The van der Waals surface area contributed by atoms with Crippen LogP contribution in [0.3, 0.4) is 0 Å². The highest BCUT2D eigenvalue weighted by Gasteiger charge is 2.17. The fourth-order valence-electron chi connectivity index (χ4n) is 0.924. The van der Waals surface area contributed by atoms with Gasteiger partial charge in [0.2, 0.25) is 0 Å². The van der Waals surface area contributed by atoms with Crippen molar-refractivity contribution in [1.29, 1.82) is 0 Å². The average molecular weight is 214 g/mol. The van der Waals surface area contributed by atoms with E-state index in [1.54, 1.807) is 5.38 Å². The molecule has 0 aliphatic heterocycles. The van der Waals surface area contributed by atoms with Crippen molar-refractivity contribution in [3.05, 3.63) is 16.1 Å². The molecule has 0 aliphatic rings. The summed E-state index contributed by atoms with van der Waals surface area (Å²) < 4.78 is 4.55. The highest BCUT2D eigenvalue weighted by Crippen LogP contribution is 2.22. The first kappa shape index (κ1) is 11.1. The Morgan fingerprint density at radius 1 is 1.64 bits per heavy atom. The molecule has 0 spiro atoms. The summed E-state index contributed by atoms with van der Waals surface area (Å²) in [5.41, 5.74) is 6.23. The van der Waals surface area contributed by atoms with Gasteiger partial charge in [-0.2, -0.15) is 0 Å². The SMILES string of the molecule is COC(=O)c1csc([C@H](N)C(C)C)n1. The van der Waals surface area contributed by atoms with E-state index in [1.165, 1.54) is 18.4 Å². The third-order valence-corrected chi connectivity index (χ3v) is 2.87. The second-order valence-electron chi connectivity index (χ2n) is 3.33. The van der Waals surface area contributed by atoms with Crippen LogP contribution in [0.25, 0.3) is 0 Å². The first-order valence-corrected chi connectivity index (χ1v) is 5.23. The lowest BCUT2D eigenvalue weighted by atomic mass is 10.1. The van der Waals surface area contributed by atoms with E-state index in [1.807, 2.05) is 13.8 Å². The van der Waals surface area contributed by atoms with Crippen LogP contribution >= 0.6 is 11.3 Å². The van der Waals surface area contributed by atoms with Gasteiger partial charge >= 0.3 is 5.97 Å². The van der Waals surface area contributed by atoms with Gasteiger partial charge in [-0.25, -0.2) is 9.78 Å². The minimum atomic E-state index is -0.413. The molecule has 0 radical (unpaired) electrons. The first-order chi connectivity index (χ1) is 6.56. The number of hydrogen-bond donors (Lipinski definition) is 1. The highest BCUT2D eigenvalue weighted by molar-refractivity contribution is 7.09. The summed E-state index contributed by atoms with van der Waals surface area (Å²) in [6.07, 6.45) is 0. The third kappa shape index (κ3) is 2.30. The Morgan fingerprint density at radius 3 is 2.79 bits per heavy atom. The fourth-order valence-corrected chi connectivity index (χ4v) is 1.89. The Morgan fingerprint density at radius 2 is 2.29 bits per heavy atom. The van der Waals surface area contributed by atoms with Crippen molar-refractivity contribution >= 4 is 17.3 Å². The molecule has 5 heteroatoms. The molecule has 0 aromatic carbocycles. The van der Waals surface area contributed by atoms with Crippen LogP contribution in [0.2, 0.25) is 0 Å². The van der Waals surface area contributed by atoms with Gasteiger partial charge in [0.05, 0.1) is 13.2 Å². The largest absolute Gasteiger partial charge is 0.464 e. The monoisotopic (exact) mass is 214 g/mol. The highest BCUT2D eigenvalue weighted by atomic mass is 32.1. The third-order valence-electron chi connectivity index (χ3n) is 1.92. The smallest absolute Gasteiger partial charge is 0.357 e. The first-order valence-electron chi connectivity index (χ1n) is 4.35. The maximum atomic E-state index is 11.1. The molecule has 1 atom stereocenters. The van der Waals surface area contributed by atoms with E-state index < -0.39 is 5.97 Å². The molecule has 14 heavy (non-hydrogen) atoms. The Labute approximate surface area is 87.1 Å². The molecule has 78 valence electrons. The van der Waals surface area contributed by atoms with Crippen molar-refractivity contribution in [3.8, 4) is 0 Å². The number of carbonyl (C=O) groups is 1. The zero-order valence-electron chi connectivity index (χ0n) is 8.48. The summed E-state index contributed by atoms with van der Waals surface area (Å²) in [5.74, 6) is -0.102. The molecule has 0 amide bonds. The van der Waals surface area contributed by atoms with E-state index in [2.05, 4.69) is 9.72 Å². The number of thiazole rings is 1. The second kappa shape index (κ2) is 4.52. The summed E-state index contributed by atoms with van der Waals surface area (Å²) >= 11 is 1.39. The number of carbonyl (C=O) groups excluding carboxylic acids is 1. The van der Waals surface area contributed by atoms with Crippen LogP contribution in [0.15, 0.2) is 5.38 Å². The van der Waals surface area contributed by atoms with Gasteiger partial charge in [0.15, 0.2) is 5.69 Å². The summed E-state index contributed by atoms with van der Waals surface area (Å²) in [5, 5.41) is 2.45. The lowest BCUT2D eigenvalue weighted by molar-refractivity contribution is 0.0594. The van der Waals surface area contributed by atoms with E-state index in [0.717, 1.165) is 5.01 Å². The van der Waals surface area contributed by atoms with Gasteiger partial charge in [-0.1, -0.05) is 13.8 Å². The van der Waals surface area contributed by atoms with Crippen LogP contribution in [-0.4, -0.2) is 18.1 Å². The number of rotatable bonds is 3. The van der Waals surface area contributed by atoms with Gasteiger partial charge in [0.1, 0.15) is 5.01 Å². The summed E-state index contributed by atoms with van der Waals surface area (Å²) in [6, 6.07) is -0.113. The second-order valence-corrected chi connectivity index (χ2v) is 4.22. The molecule has 1 rings (SSSR count). The van der Waals surface area contributed by atoms with Crippen LogP contribution in [0, 0.1) is 5.92 Å². The predicted molar refractivity (Wildman–Crippen MR) is 55.2 cm³/mol. The number of nitrogens with zero attached hydrogens (tertiary/aromatic N) is 1. The van der Waals surface area contributed by atoms with Gasteiger partial charge in [-0.3, -0.25) is 0 Å². The normalized spacial score (nSPS) is 12.9. The number of esters is 1. The van der Waals surface area contributed by atoms with Gasteiger partial charge in [0, 0.05) is 5.38 Å². The molecule has 0 fully saturated rings. The molecular weight excluding hydrogens is 200 g/mol. The van der Waals surface area contributed by atoms with E-state index in [-0.39, 0.29) is 6.04 Å². The molecule has 1 aromatic heterocycles. The molecule has 4 nitrogen and oxygen atoms in total.